The summed E-state index contributed by atoms with van der Waals surface area (Å²) in [5.41, 5.74) is 2.71. The van der Waals surface area contributed by atoms with Gasteiger partial charge in [-0.05, 0) is 24.6 Å². The monoisotopic (exact) mass is 143 g/mol. The van der Waals surface area contributed by atoms with Crippen LogP contribution in [0.3, 0.4) is 0 Å². The first-order chi connectivity index (χ1) is 5.25. The average molecular weight is 143 g/mol. The van der Waals surface area contributed by atoms with Crippen molar-refractivity contribution in [3.8, 4) is 0 Å². The number of aryl methyl sites for hydroxylation is 1. The van der Waals surface area contributed by atoms with Gasteiger partial charge in [0, 0.05) is 0 Å². The third kappa shape index (κ3) is 1.02. The van der Waals surface area contributed by atoms with Crippen LogP contribution in [0.15, 0.2) is 22.6 Å². The van der Waals surface area contributed by atoms with Crippen LogP contribution in [0.1, 0.15) is 5.56 Å². The fraction of sp³-hybridized carbons (Fsp3) is 0.125. The van der Waals surface area contributed by atoms with Crippen LogP contribution in [0.2, 0.25) is 0 Å². The molecule has 52 valence electrons. The molecule has 1 aromatic heterocycles. The molecule has 0 N–H and O–H groups in total. The van der Waals surface area contributed by atoms with E-state index < -0.39 is 0 Å². The third-order valence-corrected chi connectivity index (χ3v) is 1.56. The van der Waals surface area contributed by atoms with E-state index in [2.05, 4.69) is 4.98 Å². The molecular weight excluding hydrogens is 137 g/mol. The summed E-state index contributed by atoms with van der Waals surface area (Å²) in [6.07, 6.45) is 0. The summed E-state index contributed by atoms with van der Waals surface area (Å²) in [6.45, 7) is 2.00. The summed E-state index contributed by atoms with van der Waals surface area (Å²) in [5, 5.41) is 0. The minimum atomic E-state index is 0.227. The Labute approximate surface area is 65.6 Å². The Balaban J connectivity index is 2.82. The van der Waals surface area contributed by atoms with Gasteiger partial charge < -0.3 is 4.42 Å². The van der Waals surface area contributed by atoms with Crippen LogP contribution in [0.4, 0.5) is 0 Å². The zero-order chi connectivity index (χ0) is 7.84. The minimum Gasteiger partial charge on any atom is -0.452 e. The lowest BCUT2D eigenvalue weighted by atomic mass is 10.2. The Morgan fingerprint density at radius 1 is 1.45 bits per heavy atom. The van der Waals surface area contributed by atoms with E-state index in [4.69, 9.17) is 12.3 Å². The van der Waals surface area contributed by atoms with Crippen molar-refractivity contribution >= 4 is 24.7 Å². The first-order valence-electron chi connectivity index (χ1n) is 3.38. The highest BCUT2D eigenvalue weighted by molar-refractivity contribution is 6.28. The molecule has 1 heterocycles. The van der Waals surface area contributed by atoms with E-state index in [1.165, 1.54) is 0 Å². The van der Waals surface area contributed by atoms with Crippen molar-refractivity contribution < 1.29 is 4.42 Å². The summed E-state index contributed by atoms with van der Waals surface area (Å²) >= 11 is 0. The number of fused-ring (bicyclic) bond motifs is 1. The maximum Gasteiger partial charge on any atom is 0.197 e. The second kappa shape index (κ2) is 2.12. The zero-order valence-electron chi connectivity index (χ0n) is 6.16. The smallest absolute Gasteiger partial charge is 0.197 e. The van der Waals surface area contributed by atoms with Crippen molar-refractivity contribution in [2.45, 2.75) is 6.92 Å². The molecule has 0 saturated heterocycles. The van der Waals surface area contributed by atoms with Crippen molar-refractivity contribution in [3.63, 3.8) is 0 Å². The van der Waals surface area contributed by atoms with Gasteiger partial charge in [0.15, 0.2) is 13.4 Å². The lowest BCUT2D eigenvalue weighted by Gasteiger charge is -1.87. The van der Waals surface area contributed by atoms with Crippen LogP contribution in [-0.4, -0.2) is 12.8 Å². The molecule has 2 nitrogen and oxygen atoms in total. The SMILES string of the molecule is [B]c1nc2ccc(C)cc2o1. The van der Waals surface area contributed by atoms with Gasteiger partial charge >= 0.3 is 0 Å². The van der Waals surface area contributed by atoms with Crippen molar-refractivity contribution in [2.75, 3.05) is 0 Å². The van der Waals surface area contributed by atoms with Crippen LogP contribution < -0.4 is 5.79 Å². The molecular formula is C8H6BNO. The van der Waals surface area contributed by atoms with Crippen LogP contribution in [-0.2, 0) is 0 Å². The number of nitrogens with zero attached hydrogens (tertiary/aromatic N) is 1. The Hall–Kier alpha value is -1.25. The lowest BCUT2D eigenvalue weighted by Crippen LogP contribution is -1.99. The number of benzene rings is 1. The van der Waals surface area contributed by atoms with Gasteiger partial charge in [-0.1, -0.05) is 6.07 Å². The van der Waals surface area contributed by atoms with Gasteiger partial charge in [0.05, 0.1) is 0 Å². The molecule has 2 aromatic rings. The molecule has 1 aromatic carbocycles. The van der Waals surface area contributed by atoms with Crippen LogP contribution in [0.5, 0.6) is 0 Å². The fourth-order valence-electron chi connectivity index (χ4n) is 1.05. The molecule has 0 fully saturated rings. The number of oxazole rings is 1. The predicted octanol–water partition coefficient (Wildman–Crippen LogP) is 0.930. The van der Waals surface area contributed by atoms with Gasteiger partial charge in [-0.15, -0.1) is 0 Å². The van der Waals surface area contributed by atoms with Gasteiger partial charge in [-0.3, -0.25) is 0 Å². The second-order valence-corrected chi connectivity index (χ2v) is 2.52. The van der Waals surface area contributed by atoms with E-state index in [9.17, 15) is 0 Å². The molecule has 2 radical (unpaired) electrons. The van der Waals surface area contributed by atoms with E-state index >= 15 is 0 Å². The number of hydrogen-bond donors (Lipinski definition) is 0. The summed E-state index contributed by atoms with van der Waals surface area (Å²) in [4.78, 5) is 3.97. The number of hydrogen-bond acceptors (Lipinski definition) is 2. The Kier molecular flexibility index (Phi) is 1.25. The first kappa shape index (κ1) is 6.46. The summed E-state index contributed by atoms with van der Waals surface area (Å²) in [6, 6.07) is 5.79. The first-order valence-corrected chi connectivity index (χ1v) is 3.38. The number of rotatable bonds is 0. The largest absolute Gasteiger partial charge is 0.452 e. The Bertz CT molecular complexity index is 394. The van der Waals surface area contributed by atoms with Crippen molar-refractivity contribution in [2.24, 2.45) is 0 Å². The zero-order valence-corrected chi connectivity index (χ0v) is 6.16. The van der Waals surface area contributed by atoms with Gasteiger partial charge in [0.2, 0.25) is 0 Å². The maximum absolute atomic E-state index is 5.36. The predicted molar refractivity (Wildman–Crippen MR) is 44.1 cm³/mol. The van der Waals surface area contributed by atoms with Crippen molar-refractivity contribution in [1.29, 1.82) is 0 Å². The molecule has 0 spiro atoms. The summed E-state index contributed by atoms with van der Waals surface area (Å²) in [7, 11) is 5.36. The molecule has 11 heavy (non-hydrogen) atoms. The third-order valence-electron chi connectivity index (χ3n) is 1.56. The molecule has 0 aliphatic carbocycles. The molecule has 0 atom stereocenters. The molecule has 3 heteroatoms. The van der Waals surface area contributed by atoms with Crippen molar-refractivity contribution in [3.05, 3.63) is 23.8 Å². The summed E-state index contributed by atoms with van der Waals surface area (Å²) < 4.78 is 5.12. The molecule has 0 aliphatic rings. The highest BCUT2D eigenvalue weighted by Gasteiger charge is 1.99. The molecule has 0 amide bonds. The van der Waals surface area contributed by atoms with Crippen LogP contribution in [0.25, 0.3) is 11.1 Å². The Morgan fingerprint density at radius 3 is 3.09 bits per heavy atom. The topological polar surface area (TPSA) is 26.0 Å². The standard InChI is InChI=1S/C8H6BNO/c1-5-2-3-6-7(4-5)11-8(9)10-6/h2-4H,1H3. The van der Waals surface area contributed by atoms with Crippen LogP contribution >= 0.6 is 0 Å². The second-order valence-electron chi connectivity index (χ2n) is 2.52. The average Bonchev–Trinajstić information content (AvgIpc) is 2.27. The highest BCUT2D eigenvalue weighted by atomic mass is 16.3. The van der Waals surface area contributed by atoms with Gasteiger partial charge in [-0.2, -0.15) is 0 Å². The van der Waals surface area contributed by atoms with Gasteiger partial charge in [-0.25, -0.2) is 4.98 Å². The van der Waals surface area contributed by atoms with E-state index in [1.54, 1.807) is 0 Å². The lowest BCUT2D eigenvalue weighted by molar-refractivity contribution is 0.644. The quantitative estimate of drug-likeness (QED) is 0.512. The highest BCUT2D eigenvalue weighted by Crippen LogP contribution is 2.11. The van der Waals surface area contributed by atoms with Gasteiger partial charge in [0.25, 0.3) is 0 Å². The molecule has 0 saturated carbocycles. The molecule has 0 aliphatic heterocycles. The molecule has 0 unspecified atom stereocenters. The number of aromatic nitrogens is 1. The maximum atomic E-state index is 5.36. The Morgan fingerprint density at radius 2 is 2.27 bits per heavy atom. The summed E-state index contributed by atoms with van der Waals surface area (Å²) in [5.74, 6) is 0.227. The molecule has 2 rings (SSSR count). The normalized spacial score (nSPS) is 10.6. The molecule has 0 bridgehead atoms. The van der Waals surface area contributed by atoms with E-state index in [1.807, 2.05) is 25.1 Å². The van der Waals surface area contributed by atoms with Crippen molar-refractivity contribution in [1.82, 2.24) is 4.98 Å². The van der Waals surface area contributed by atoms with E-state index in [0.717, 1.165) is 16.7 Å². The fourth-order valence-corrected chi connectivity index (χ4v) is 1.05. The van der Waals surface area contributed by atoms with E-state index in [-0.39, 0.29) is 5.79 Å². The van der Waals surface area contributed by atoms with Crippen LogP contribution in [0, 0.1) is 6.92 Å². The van der Waals surface area contributed by atoms with Gasteiger partial charge in [0.1, 0.15) is 11.3 Å². The van der Waals surface area contributed by atoms with E-state index in [0.29, 0.717) is 0 Å². The minimum absolute atomic E-state index is 0.227.